The zero-order valence-electron chi connectivity index (χ0n) is 5.58. The van der Waals surface area contributed by atoms with Gasteiger partial charge in [-0.25, -0.2) is 0 Å². The first-order valence-corrected chi connectivity index (χ1v) is 21.0. The van der Waals surface area contributed by atoms with E-state index in [1.165, 1.54) is 19.3 Å². The van der Waals surface area contributed by atoms with Gasteiger partial charge in [0.1, 0.15) is 0 Å². The third-order valence-electron chi connectivity index (χ3n) is 0.707. The molecule has 0 aliphatic heterocycles. The van der Waals surface area contributed by atoms with Crippen LogP contribution in [0.4, 0.5) is 0 Å². The Morgan fingerprint density at radius 3 is 1.38 bits per heavy atom. The monoisotopic (exact) mass is 390 g/mol. The van der Waals surface area contributed by atoms with Crippen LogP contribution in [0.25, 0.3) is 0 Å². The molecule has 48 valence electrons. The van der Waals surface area contributed by atoms with E-state index in [9.17, 15) is 0 Å². The topological polar surface area (TPSA) is 0 Å². The van der Waals surface area contributed by atoms with Crippen LogP contribution in [0.1, 0.15) is 33.1 Å². The van der Waals surface area contributed by atoms with E-state index in [2.05, 4.69) is 53.3 Å². The predicted octanol–water partition coefficient (Wildman–Crippen LogP) is 3.97. The summed E-state index contributed by atoms with van der Waals surface area (Å²) < 4.78 is 0. The second-order valence-electron chi connectivity index (χ2n) is 1.45. The average Bonchev–Trinajstić information content (AvgIpc) is 1.71. The first-order chi connectivity index (χ1) is 3.83. The maximum absolute atomic E-state index is 2.46. The molecule has 0 heterocycles. The fourth-order valence-electron chi connectivity index (χ4n) is 0.354. The summed E-state index contributed by atoms with van der Waals surface area (Å²) in [6.07, 6.45) is 4.08. The van der Waals surface area contributed by atoms with Crippen LogP contribution in [0.2, 0.25) is 0 Å². The van der Waals surface area contributed by atoms with Crippen molar-refractivity contribution in [2.75, 3.05) is 0 Å². The first kappa shape index (κ1) is 12.7. The van der Waals surface area contributed by atoms with Crippen LogP contribution in [-0.4, -0.2) is 0 Å². The van der Waals surface area contributed by atoms with Gasteiger partial charge >= 0.3 is 49.6 Å². The molecule has 8 heavy (non-hydrogen) atoms. The molecule has 0 atom stereocenters. The molecule has 0 bridgehead atoms. The van der Waals surface area contributed by atoms with Crippen molar-refractivity contribution in [2.45, 2.75) is 33.1 Å². The Kier molecular flexibility index (Phi) is 25.5. The average molecular weight is 391 g/mol. The van der Waals surface area contributed by atoms with E-state index in [4.69, 9.17) is 0 Å². The molecule has 0 N–H and O–H groups in total. The van der Waals surface area contributed by atoms with Gasteiger partial charge < -0.3 is 0 Å². The van der Waals surface area contributed by atoms with Crippen molar-refractivity contribution >= 4 is 39.5 Å². The van der Waals surface area contributed by atoms with E-state index < -0.39 is 0 Å². The molecule has 0 saturated carbocycles. The number of hydrogen-bond acceptors (Lipinski definition) is 0. The first-order valence-electron chi connectivity index (χ1n) is 2.95. The van der Waals surface area contributed by atoms with Crippen molar-refractivity contribution < 1.29 is 10.1 Å². The molecule has 0 aromatic carbocycles. The summed E-state index contributed by atoms with van der Waals surface area (Å²) in [5.74, 6) is 0. The van der Waals surface area contributed by atoms with E-state index in [1.54, 1.807) is 0 Å². The Balaban J connectivity index is 0. The van der Waals surface area contributed by atoms with Gasteiger partial charge in [0.2, 0.25) is 0 Å². The fourth-order valence-corrected chi connectivity index (χ4v) is 0.354. The number of rotatable bonds is 2. The number of hydrogen-bond donors (Lipinski definition) is 0. The molecular weight excluding hydrogens is 379 g/mol. The third kappa shape index (κ3) is 24.3. The van der Waals surface area contributed by atoms with Crippen molar-refractivity contribution in [1.82, 2.24) is 0 Å². The summed E-state index contributed by atoms with van der Waals surface area (Å²) >= 11 is 4.93. The fraction of sp³-hybridized carbons (Fsp3) is 1.00. The Hall–Kier alpha value is 2.08. The van der Waals surface area contributed by atoms with Crippen molar-refractivity contribution in [3.05, 3.63) is 0 Å². The second-order valence-corrected chi connectivity index (χ2v) is 25.0. The van der Waals surface area contributed by atoms with Gasteiger partial charge in [-0.2, -0.15) is 0 Å². The SMILES string of the molecule is CCCCC.[I][Zn][I]. The van der Waals surface area contributed by atoms with Crippen LogP contribution in [0, 0.1) is 0 Å². The van der Waals surface area contributed by atoms with Gasteiger partial charge in [0.15, 0.2) is 0 Å². The van der Waals surface area contributed by atoms with E-state index in [-0.39, 0.29) is 10.1 Å². The van der Waals surface area contributed by atoms with Crippen molar-refractivity contribution in [2.24, 2.45) is 0 Å². The van der Waals surface area contributed by atoms with Crippen LogP contribution >= 0.6 is 39.5 Å². The van der Waals surface area contributed by atoms with E-state index in [1.807, 2.05) is 0 Å². The summed E-state index contributed by atoms with van der Waals surface area (Å²) in [5.41, 5.74) is 0. The molecule has 0 spiro atoms. The second kappa shape index (κ2) is 16.0. The standard InChI is InChI=1S/C5H12.2HI.Zn/c1-3-5-4-2;;;/h3-5H2,1-2H3;2*1H;/q;;;+2/p-2. The Morgan fingerprint density at radius 1 is 1.12 bits per heavy atom. The van der Waals surface area contributed by atoms with E-state index in [0.29, 0.717) is 0 Å². The minimum absolute atomic E-state index is 0.0650. The minimum atomic E-state index is 0.0650. The molecule has 0 rings (SSSR count). The normalized spacial score (nSPS) is 6.50. The van der Waals surface area contributed by atoms with Gasteiger partial charge in [-0.15, -0.1) is 0 Å². The summed E-state index contributed by atoms with van der Waals surface area (Å²) in [6, 6.07) is 0. The Morgan fingerprint density at radius 2 is 1.38 bits per heavy atom. The van der Waals surface area contributed by atoms with Crippen molar-refractivity contribution in [3.63, 3.8) is 0 Å². The van der Waals surface area contributed by atoms with Crippen LogP contribution in [-0.2, 0) is 10.1 Å². The number of unbranched alkanes of at least 4 members (excludes halogenated alkanes) is 2. The quantitative estimate of drug-likeness (QED) is 0.494. The molecule has 3 heteroatoms. The van der Waals surface area contributed by atoms with Crippen LogP contribution in [0.5, 0.6) is 0 Å². The summed E-state index contributed by atoms with van der Waals surface area (Å²) in [7, 11) is 0.0650. The van der Waals surface area contributed by atoms with E-state index in [0.717, 1.165) is 0 Å². The maximum atomic E-state index is 2.46. The zero-order valence-corrected chi connectivity index (χ0v) is 12.9. The molecule has 0 aromatic rings. The summed E-state index contributed by atoms with van der Waals surface area (Å²) in [5, 5.41) is 0. The molecule has 0 radical (unpaired) electrons. The molecule has 0 fully saturated rings. The van der Waals surface area contributed by atoms with Crippen molar-refractivity contribution in [3.8, 4) is 0 Å². The van der Waals surface area contributed by atoms with Crippen LogP contribution in [0.15, 0.2) is 0 Å². The van der Waals surface area contributed by atoms with Gasteiger partial charge in [-0.05, 0) is 0 Å². The molecule has 0 amide bonds. The third-order valence-corrected chi connectivity index (χ3v) is 0.707. The molecule has 0 aliphatic rings. The van der Waals surface area contributed by atoms with Gasteiger partial charge in [0.25, 0.3) is 0 Å². The predicted molar refractivity (Wildman–Crippen MR) is 53.2 cm³/mol. The van der Waals surface area contributed by atoms with Gasteiger partial charge in [0.05, 0.1) is 0 Å². The van der Waals surface area contributed by atoms with Gasteiger partial charge in [0, 0.05) is 0 Å². The van der Waals surface area contributed by atoms with Gasteiger partial charge in [-0.3, -0.25) is 0 Å². The van der Waals surface area contributed by atoms with Crippen molar-refractivity contribution in [1.29, 1.82) is 0 Å². The Labute approximate surface area is 81.5 Å². The molecule has 0 saturated heterocycles. The molecule has 0 nitrogen and oxygen atoms in total. The van der Waals surface area contributed by atoms with Crippen LogP contribution in [0.3, 0.4) is 0 Å². The summed E-state index contributed by atoms with van der Waals surface area (Å²) in [6.45, 7) is 4.42. The van der Waals surface area contributed by atoms with E-state index >= 15 is 0 Å². The molecular formula is C5H12I2Zn. The zero-order chi connectivity index (χ0) is 6.83. The molecule has 0 unspecified atom stereocenters. The van der Waals surface area contributed by atoms with Crippen LogP contribution < -0.4 is 0 Å². The molecule has 0 aliphatic carbocycles. The summed E-state index contributed by atoms with van der Waals surface area (Å²) in [4.78, 5) is 0. The Bertz CT molecular complexity index is 24.4. The number of halogens is 2. The molecule has 0 aromatic heterocycles. The van der Waals surface area contributed by atoms with Gasteiger partial charge in [-0.1, -0.05) is 33.1 Å².